The number of benzene rings is 3. The number of aryl methyl sites for hydroxylation is 2. The summed E-state index contributed by atoms with van der Waals surface area (Å²) >= 11 is 0. The average Bonchev–Trinajstić information content (AvgIpc) is 3.23. The van der Waals surface area contributed by atoms with Crippen LogP contribution in [0.15, 0.2) is 72.8 Å². The van der Waals surface area contributed by atoms with Gasteiger partial charge in [0, 0.05) is 42.8 Å². The number of esters is 1. The molecule has 6 heteroatoms. The number of hydrogen-bond acceptors (Lipinski definition) is 5. The Morgan fingerprint density at radius 3 is 1.97 bits per heavy atom. The molecule has 0 aromatic heterocycles. The van der Waals surface area contributed by atoms with Crippen molar-refractivity contribution in [3.8, 4) is 5.75 Å². The van der Waals surface area contributed by atoms with Crippen LogP contribution in [0.2, 0.25) is 0 Å². The Morgan fingerprint density at radius 2 is 1.47 bits per heavy atom. The number of para-hydroxylation sites is 2. The molecule has 1 heterocycles. The zero-order valence-corrected chi connectivity index (χ0v) is 18.3. The van der Waals surface area contributed by atoms with E-state index < -0.39 is 10.8 Å². The largest absolute Gasteiger partial charge is 0.616 e. The Bertz CT molecular complexity index is 1010. The molecule has 3 aromatic rings. The summed E-state index contributed by atoms with van der Waals surface area (Å²) in [6, 6.07) is 22.5. The predicted octanol–water partition coefficient (Wildman–Crippen LogP) is 5.48. The Balaban J connectivity index is 1.58. The molecule has 0 bridgehead atoms. The third kappa shape index (κ3) is 4.39. The third-order valence-corrected chi connectivity index (χ3v) is 5.58. The Morgan fingerprint density at radius 1 is 0.906 bits per heavy atom. The molecule has 1 unspecified atom stereocenters. The van der Waals surface area contributed by atoms with E-state index in [1.807, 2.05) is 86.6 Å². The first kappa shape index (κ1) is 22.0. The summed E-state index contributed by atoms with van der Waals surface area (Å²) in [4.78, 5) is 11.5. The van der Waals surface area contributed by atoms with Crippen LogP contribution in [0, 0.1) is 19.1 Å². The summed E-state index contributed by atoms with van der Waals surface area (Å²) in [6.07, 6.45) is 0.0759. The summed E-state index contributed by atoms with van der Waals surface area (Å²) in [6.45, 7) is 4.86. The molecular weight excluding hydrogens is 406 g/mol. The van der Waals surface area contributed by atoms with Crippen LogP contribution in [0.4, 0.5) is 17.1 Å². The van der Waals surface area contributed by atoms with Crippen LogP contribution in [0.3, 0.4) is 0 Å². The fourth-order valence-electron chi connectivity index (χ4n) is 4.02. The van der Waals surface area contributed by atoms with Gasteiger partial charge in [0.25, 0.3) is 0 Å². The predicted molar refractivity (Wildman–Crippen MR) is 124 cm³/mol. The number of hydrogen-bond donors (Lipinski definition) is 0. The van der Waals surface area contributed by atoms with Crippen molar-refractivity contribution in [2.75, 3.05) is 19.8 Å². The number of ether oxygens (including phenoxy) is 3. The number of cyclic esters (lactones) is 1. The molecule has 1 aliphatic heterocycles. The van der Waals surface area contributed by atoms with Crippen LogP contribution in [0.25, 0.3) is 0 Å². The molecule has 3 aromatic carbocycles. The second kappa shape index (κ2) is 9.53. The second-order valence-corrected chi connectivity index (χ2v) is 7.85. The Labute approximate surface area is 188 Å². The molecule has 32 heavy (non-hydrogen) atoms. The van der Waals surface area contributed by atoms with E-state index in [1.165, 1.54) is 0 Å². The lowest BCUT2D eigenvalue weighted by Crippen LogP contribution is -2.31. The van der Waals surface area contributed by atoms with E-state index in [2.05, 4.69) is 0 Å². The van der Waals surface area contributed by atoms with Crippen molar-refractivity contribution in [3.05, 3.63) is 89.1 Å². The SMILES string of the molecule is Cc1cc([N+]([O-])(c2ccccc2)c2ccccc2)cc(C)c1OCCOC1CCOC1=O. The van der Waals surface area contributed by atoms with Crippen molar-refractivity contribution in [1.29, 1.82) is 0 Å². The lowest BCUT2D eigenvalue weighted by atomic mass is 10.1. The van der Waals surface area contributed by atoms with Gasteiger partial charge in [0.15, 0.2) is 6.10 Å². The van der Waals surface area contributed by atoms with Crippen molar-refractivity contribution < 1.29 is 19.0 Å². The smallest absolute Gasteiger partial charge is 0.335 e. The number of quaternary nitrogens is 1. The van der Waals surface area contributed by atoms with Crippen molar-refractivity contribution >= 4 is 23.0 Å². The summed E-state index contributed by atoms with van der Waals surface area (Å²) in [7, 11) is 0. The third-order valence-electron chi connectivity index (χ3n) is 5.58. The molecule has 0 amide bonds. The molecule has 1 saturated heterocycles. The van der Waals surface area contributed by atoms with Crippen LogP contribution in [-0.2, 0) is 14.3 Å². The molecule has 0 N–H and O–H groups in total. The van der Waals surface area contributed by atoms with Crippen molar-refractivity contribution in [3.63, 3.8) is 0 Å². The highest BCUT2D eigenvalue weighted by Gasteiger charge is 2.29. The van der Waals surface area contributed by atoms with Crippen LogP contribution in [-0.4, -0.2) is 31.9 Å². The first-order chi connectivity index (χ1) is 15.5. The van der Waals surface area contributed by atoms with E-state index in [1.54, 1.807) is 0 Å². The standard InChI is InChI=1S/C26H27NO5/c1-19-17-23(18-20(2)25(19)31-16-15-30-24-13-14-32-26(24)28)27(29,21-9-5-3-6-10-21)22-11-7-4-8-12-22/h3-12,17-18,24H,13-16H2,1-2H3. The molecule has 1 fully saturated rings. The van der Waals surface area contributed by atoms with Crippen molar-refractivity contribution in [2.24, 2.45) is 0 Å². The quantitative estimate of drug-likeness (QED) is 0.204. The zero-order valence-electron chi connectivity index (χ0n) is 18.3. The summed E-state index contributed by atoms with van der Waals surface area (Å²) in [5, 5.41) is 14.4. The fourth-order valence-corrected chi connectivity index (χ4v) is 4.02. The Hall–Kier alpha value is -3.19. The lowest BCUT2D eigenvalue weighted by molar-refractivity contribution is -0.147. The van der Waals surface area contributed by atoms with Gasteiger partial charge in [-0.2, -0.15) is 0 Å². The average molecular weight is 434 g/mol. The maximum Gasteiger partial charge on any atom is 0.335 e. The highest BCUT2D eigenvalue weighted by atomic mass is 16.6. The van der Waals surface area contributed by atoms with Crippen LogP contribution >= 0.6 is 0 Å². The highest BCUT2D eigenvalue weighted by molar-refractivity contribution is 5.76. The number of nitrogens with zero attached hydrogens (tertiary/aromatic N) is 1. The van der Waals surface area contributed by atoms with Gasteiger partial charge in [-0.15, -0.1) is 0 Å². The van der Waals surface area contributed by atoms with Gasteiger partial charge >= 0.3 is 5.97 Å². The van der Waals surface area contributed by atoms with Gasteiger partial charge in [-0.3, -0.25) is 4.65 Å². The van der Waals surface area contributed by atoms with Gasteiger partial charge < -0.3 is 19.4 Å². The maximum atomic E-state index is 14.4. The van der Waals surface area contributed by atoms with Gasteiger partial charge in [0.1, 0.15) is 29.4 Å². The summed E-state index contributed by atoms with van der Waals surface area (Å²) < 4.78 is 15.7. The van der Waals surface area contributed by atoms with Gasteiger partial charge in [0.2, 0.25) is 0 Å². The lowest BCUT2D eigenvalue weighted by Gasteiger charge is -2.41. The van der Waals surface area contributed by atoms with Gasteiger partial charge in [-0.25, -0.2) is 4.79 Å². The molecule has 4 rings (SSSR count). The molecule has 0 aliphatic carbocycles. The van der Waals surface area contributed by atoms with Crippen molar-refractivity contribution in [2.45, 2.75) is 26.4 Å². The highest BCUT2D eigenvalue weighted by Crippen LogP contribution is 2.44. The topological polar surface area (TPSA) is 67.8 Å². The number of carbonyl (C=O) groups excluding carboxylic acids is 1. The first-order valence-corrected chi connectivity index (χ1v) is 10.7. The minimum absolute atomic E-state index is 0.288. The molecular formula is C26H27NO5. The minimum atomic E-state index is -0.698. The number of rotatable bonds is 8. The molecule has 166 valence electrons. The normalized spacial score (nSPS) is 16.1. The molecule has 0 spiro atoms. The van der Waals surface area contributed by atoms with Gasteiger partial charge in [-0.1, -0.05) is 36.4 Å². The summed E-state index contributed by atoms with van der Waals surface area (Å²) in [5.74, 6) is 0.409. The Kier molecular flexibility index (Phi) is 6.55. The summed E-state index contributed by atoms with van der Waals surface area (Å²) in [5.41, 5.74) is 3.59. The van der Waals surface area contributed by atoms with E-state index in [9.17, 15) is 10.0 Å². The van der Waals surface area contributed by atoms with E-state index in [0.29, 0.717) is 36.7 Å². The fraction of sp³-hybridized carbons (Fsp3) is 0.269. The van der Waals surface area contributed by atoms with E-state index in [-0.39, 0.29) is 12.6 Å². The monoisotopic (exact) mass is 433 g/mol. The van der Waals surface area contributed by atoms with E-state index >= 15 is 0 Å². The molecule has 1 atom stereocenters. The van der Waals surface area contributed by atoms with Crippen LogP contribution in [0.5, 0.6) is 5.75 Å². The first-order valence-electron chi connectivity index (χ1n) is 10.7. The minimum Gasteiger partial charge on any atom is -0.616 e. The van der Waals surface area contributed by atoms with Gasteiger partial charge in [0.05, 0.1) is 13.2 Å². The van der Waals surface area contributed by atoms with Crippen LogP contribution < -0.4 is 9.38 Å². The van der Waals surface area contributed by atoms with Crippen molar-refractivity contribution in [1.82, 2.24) is 4.65 Å². The van der Waals surface area contributed by atoms with Gasteiger partial charge in [-0.05, 0) is 25.0 Å². The zero-order chi connectivity index (χ0) is 22.6. The van der Waals surface area contributed by atoms with Crippen LogP contribution in [0.1, 0.15) is 17.5 Å². The van der Waals surface area contributed by atoms with E-state index in [0.717, 1.165) is 16.9 Å². The molecule has 0 radical (unpaired) electrons. The molecule has 1 aliphatic rings. The van der Waals surface area contributed by atoms with E-state index in [4.69, 9.17) is 14.2 Å². The molecule has 6 nitrogen and oxygen atoms in total. The maximum absolute atomic E-state index is 14.4. The second-order valence-electron chi connectivity index (χ2n) is 7.85. The molecule has 0 saturated carbocycles. The number of carbonyl (C=O) groups is 1.